The molecule has 1 unspecified atom stereocenters. The van der Waals surface area contributed by atoms with Gasteiger partial charge in [-0.15, -0.1) is 0 Å². The molecule has 2 rings (SSSR count). The highest BCUT2D eigenvalue weighted by atomic mass is 35.5. The number of halogens is 2. The van der Waals surface area contributed by atoms with Gasteiger partial charge in [-0.2, -0.15) is 0 Å². The third-order valence-corrected chi connectivity index (χ3v) is 3.13. The highest BCUT2D eigenvalue weighted by Crippen LogP contribution is 2.22. The van der Waals surface area contributed by atoms with Crippen molar-refractivity contribution in [2.24, 2.45) is 0 Å². The number of rotatable bonds is 2. The number of nitrogens with zero attached hydrogens (tertiary/aromatic N) is 1. The summed E-state index contributed by atoms with van der Waals surface area (Å²) >= 11 is 5.42. The average Bonchev–Trinajstić information content (AvgIpc) is 2.77. The molecule has 0 saturated carbocycles. The summed E-state index contributed by atoms with van der Waals surface area (Å²) in [5.41, 5.74) is -0.0164. The Balaban J connectivity index is 2.26. The van der Waals surface area contributed by atoms with Crippen LogP contribution < -0.4 is 0 Å². The van der Waals surface area contributed by atoms with Gasteiger partial charge in [0.2, 0.25) is 5.24 Å². The van der Waals surface area contributed by atoms with Gasteiger partial charge < -0.3 is 4.90 Å². The molecule has 0 N–H and O–H groups in total. The first-order chi connectivity index (χ1) is 8.11. The summed E-state index contributed by atoms with van der Waals surface area (Å²) < 4.78 is 13.5. The maximum Gasteiger partial charge on any atom is 0.257 e. The van der Waals surface area contributed by atoms with E-state index in [9.17, 15) is 14.0 Å². The molecule has 1 aromatic carbocycles. The maximum atomic E-state index is 13.5. The summed E-state index contributed by atoms with van der Waals surface area (Å²) in [5.74, 6) is -1.05. The number of hydrogen-bond donors (Lipinski definition) is 0. The normalized spacial score (nSPS) is 19.4. The van der Waals surface area contributed by atoms with Crippen molar-refractivity contribution in [3.05, 3.63) is 35.6 Å². The Kier molecular flexibility index (Phi) is 3.43. The second kappa shape index (κ2) is 4.84. The molecule has 3 nitrogen and oxygen atoms in total. The average molecular weight is 256 g/mol. The number of amides is 1. The molecule has 90 valence electrons. The molecule has 1 atom stereocenters. The minimum Gasteiger partial charge on any atom is -0.327 e. The molecule has 0 radical (unpaired) electrons. The van der Waals surface area contributed by atoms with Gasteiger partial charge in [0, 0.05) is 6.54 Å². The predicted molar refractivity (Wildman–Crippen MR) is 61.3 cm³/mol. The van der Waals surface area contributed by atoms with Crippen LogP contribution in [-0.4, -0.2) is 28.6 Å². The van der Waals surface area contributed by atoms with Gasteiger partial charge in [-0.25, -0.2) is 4.39 Å². The van der Waals surface area contributed by atoms with Crippen LogP contribution in [0.4, 0.5) is 4.39 Å². The van der Waals surface area contributed by atoms with Gasteiger partial charge in [0.25, 0.3) is 5.91 Å². The van der Waals surface area contributed by atoms with Crippen molar-refractivity contribution in [1.82, 2.24) is 4.90 Å². The number of carbonyl (C=O) groups excluding carboxylic acids is 2. The van der Waals surface area contributed by atoms with Crippen LogP contribution in [0.2, 0.25) is 0 Å². The third-order valence-electron chi connectivity index (χ3n) is 2.88. The number of carbonyl (C=O) groups is 2. The summed E-state index contributed by atoms with van der Waals surface area (Å²) in [6, 6.07) is 5.11. The van der Waals surface area contributed by atoms with Gasteiger partial charge in [-0.3, -0.25) is 9.59 Å². The lowest BCUT2D eigenvalue weighted by atomic mass is 10.1. The van der Waals surface area contributed by atoms with Crippen molar-refractivity contribution in [2.75, 3.05) is 6.54 Å². The van der Waals surface area contributed by atoms with Crippen molar-refractivity contribution >= 4 is 22.8 Å². The highest BCUT2D eigenvalue weighted by molar-refractivity contribution is 6.64. The Morgan fingerprint density at radius 3 is 2.71 bits per heavy atom. The van der Waals surface area contributed by atoms with Gasteiger partial charge in [-0.05, 0) is 36.6 Å². The van der Waals surface area contributed by atoms with Gasteiger partial charge in [-0.1, -0.05) is 12.1 Å². The lowest BCUT2D eigenvalue weighted by molar-refractivity contribution is -0.115. The van der Waals surface area contributed by atoms with Crippen LogP contribution in [0.3, 0.4) is 0 Å². The number of benzene rings is 1. The van der Waals surface area contributed by atoms with Gasteiger partial charge >= 0.3 is 0 Å². The van der Waals surface area contributed by atoms with Gasteiger partial charge in [0.1, 0.15) is 11.9 Å². The number of likely N-dealkylation sites (tertiary alicyclic amines) is 1. The zero-order valence-electron chi connectivity index (χ0n) is 9.03. The van der Waals surface area contributed by atoms with Crippen LogP contribution in [-0.2, 0) is 4.79 Å². The first-order valence-electron chi connectivity index (χ1n) is 5.36. The Bertz CT molecular complexity index is 464. The Labute approximate surface area is 103 Å². The van der Waals surface area contributed by atoms with E-state index in [1.165, 1.54) is 23.1 Å². The molecule has 0 bridgehead atoms. The van der Waals surface area contributed by atoms with E-state index >= 15 is 0 Å². The summed E-state index contributed by atoms with van der Waals surface area (Å²) in [6.45, 7) is 0.441. The molecule has 1 fully saturated rings. The Morgan fingerprint density at radius 1 is 1.35 bits per heavy atom. The fourth-order valence-electron chi connectivity index (χ4n) is 2.04. The Hall–Kier alpha value is -1.42. The van der Waals surface area contributed by atoms with Crippen molar-refractivity contribution in [1.29, 1.82) is 0 Å². The van der Waals surface area contributed by atoms with Crippen molar-refractivity contribution in [3.8, 4) is 0 Å². The fraction of sp³-hybridized carbons (Fsp3) is 0.333. The van der Waals surface area contributed by atoms with E-state index in [1.807, 2.05) is 0 Å². The van der Waals surface area contributed by atoms with E-state index < -0.39 is 23.0 Å². The second-order valence-corrected chi connectivity index (χ2v) is 4.31. The van der Waals surface area contributed by atoms with Crippen molar-refractivity contribution in [3.63, 3.8) is 0 Å². The molecule has 1 aliphatic rings. The SMILES string of the molecule is O=C(Cl)C1CCCN1C(=O)c1ccccc1F. The van der Waals surface area contributed by atoms with Crippen LogP contribution >= 0.6 is 11.6 Å². The maximum absolute atomic E-state index is 13.5. The molecule has 1 aromatic rings. The van der Waals surface area contributed by atoms with E-state index in [4.69, 9.17) is 11.6 Å². The van der Waals surface area contributed by atoms with Gasteiger partial charge in [0.15, 0.2) is 0 Å². The van der Waals surface area contributed by atoms with E-state index in [0.29, 0.717) is 19.4 Å². The monoisotopic (exact) mass is 255 g/mol. The summed E-state index contributed by atoms with van der Waals surface area (Å²) in [5, 5.41) is -0.563. The second-order valence-electron chi connectivity index (χ2n) is 3.94. The fourth-order valence-corrected chi connectivity index (χ4v) is 2.26. The van der Waals surface area contributed by atoms with Crippen LogP contribution in [0.15, 0.2) is 24.3 Å². The summed E-state index contributed by atoms with van der Waals surface area (Å²) in [6.07, 6.45) is 1.26. The molecule has 1 aliphatic heterocycles. The minimum absolute atomic E-state index is 0.0164. The lowest BCUT2D eigenvalue weighted by Gasteiger charge is -2.21. The van der Waals surface area contributed by atoms with E-state index in [2.05, 4.69) is 0 Å². The zero-order chi connectivity index (χ0) is 12.4. The smallest absolute Gasteiger partial charge is 0.257 e. The molecule has 17 heavy (non-hydrogen) atoms. The molecular formula is C12H11ClFNO2. The first-order valence-corrected chi connectivity index (χ1v) is 5.74. The molecule has 1 amide bonds. The van der Waals surface area contributed by atoms with Crippen LogP contribution in [0, 0.1) is 5.82 Å². The number of hydrogen-bond acceptors (Lipinski definition) is 2. The topological polar surface area (TPSA) is 37.4 Å². The zero-order valence-corrected chi connectivity index (χ0v) is 9.78. The van der Waals surface area contributed by atoms with Crippen LogP contribution in [0.25, 0.3) is 0 Å². The lowest BCUT2D eigenvalue weighted by Crippen LogP contribution is -2.39. The first kappa shape index (κ1) is 12.0. The third kappa shape index (κ3) is 2.31. The van der Waals surface area contributed by atoms with E-state index in [1.54, 1.807) is 6.07 Å². The molecule has 0 spiro atoms. The van der Waals surface area contributed by atoms with Crippen molar-refractivity contribution in [2.45, 2.75) is 18.9 Å². The molecule has 5 heteroatoms. The largest absolute Gasteiger partial charge is 0.327 e. The van der Waals surface area contributed by atoms with Gasteiger partial charge in [0.05, 0.1) is 5.56 Å². The van der Waals surface area contributed by atoms with E-state index in [0.717, 1.165) is 0 Å². The molecule has 1 heterocycles. The molecular weight excluding hydrogens is 245 g/mol. The minimum atomic E-state index is -0.622. The molecule has 0 aromatic heterocycles. The molecule has 0 aliphatic carbocycles. The standard InChI is InChI=1S/C12H11ClFNO2/c13-11(16)10-6-3-7-15(10)12(17)8-4-1-2-5-9(8)14/h1-2,4-5,10H,3,6-7H2. The quantitative estimate of drug-likeness (QED) is 0.760. The van der Waals surface area contributed by atoms with Crippen LogP contribution in [0.1, 0.15) is 23.2 Å². The predicted octanol–water partition coefficient (Wildman–Crippen LogP) is 2.20. The molecule has 1 saturated heterocycles. The summed E-state index contributed by atoms with van der Waals surface area (Å²) in [7, 11) is 0. The Morgan fingerprint density at radius 2 is 2.06 bits per heavy atom. The van der Waals surface area contributed by atoms with Crippen LogP contribution in [0.5, 0.6) is 0 Å². The van der Waals surface area contributed by atoms with Crippen molar-refractivity contribution < 1.29 is 14.0 Å². The highest BCUT2D eigenvalue weighted by Gasteiger charge is 2.34. The van der Waals surface area contributed by atoms with E-state index in [-0.39, 0.29) is 5.56 Å². The summed E-state index contributed by atoms with van der Waals surface area (Å²) in [4.78, 5) is 24.6.